The van der Waals surface area contributed by atoms with Gasteiger partial charge in [0.2, 0.25) is 0 Å². The van der Waals surface area contributed by atoms with Gasteiger partial charge in [0.25, 0.3) is 0 Å². The third-order valence-electron chi connectivity index (χ3n) is 3.02. The second kappa shape index (κ2) is 3.53. The summed E-state index contributed by atoms with van der Waals surface area (Å²) in [6.07, 6.45) is 1.99. The number of fused-ring (bicyclic) bond motifs is 1. The zero-order valence-corrected chi connectivity index (χ0v) is 9.20. The summed E-state index contributed by atoms with van der Waals surface area (Å²) in [6, 6.07) is 17.0. The summed E-state index contributed by atoms with van der Waals surface area (Å²) in [5.41, 5.74) is 5.11. The van der Waals surface area contributed by atoms with Crippen LogP contribution >= 0.6 is 0 Å². The summed E-state index contributed by atoms with van der Waals surface area (Å²) in [7, 11) is 0. The predicted octanol–water partition coefficient (Wildman–Crippen LogP) is 4.14. The van der Waals surface area contributed by atoms with Crippen molar-refractivity contribution in [2.24, 2.45) is 0 Å². The molecule has 78 valence electrons. The number of aryl methyl sites for hydroxylation is 1. The van der Waals surface area contributed by atoms with Crippen molar-refractivity contribution in [3.8, 4) is 11.1 Å². The molecule has 1 aromatic heterocycles. The molecule has 0 saturated carbocycles. The standard InChI is InChI=1S/C15H13N/c1-11-5-2-3-7-13(11)14-8-4-6-12-9-10-16-15(12)14/h2-10,16H,1H3. The third-order valence-corrected chi connectivity index (χ3v) is 3.02. The van der Waals surface area contributed by atoms with E-state index in [0.29, 0.717) is 0 Å². The lowest BCUT2D eigenvalue weighted by molar-refractivity contribution is 1.44. The Kier molecular flexibility index (Phi) is 2.03. The molecule has 0 aliphatic rings. The van der Waals surface area contributed by atoms with E-state index in [-0.39, 0.29) is 0 Å². The number of aromatic nitrogens is 1. The molecule has 1 heteroatoms. The van der Waals surface area contributed by atoms with E-state index in [1.807, 2.05) is 6.20 Å². The van der Waals surface area contributed by atoms with Crippen molar-refractivity contribution in [2.45, 2.75) is 6.92 Å². The van der Waals surface area contributed by atoms with Gasteiger partial charge in [-0.05, 0) is 29.5 Å². The van der Waals surface area contributed by atoms with E-state index < -0.39 is 0 Å². The number of benzene rings is 2. The molecule has 0 spiro atoms. The van der Waals surface area contributed by atoms with E-state index in [0.717, 1.165) is 0 Å². The number of para-hydroxylation sites is 1. The first-order valence-corrected chi connectivity index (χ1v) is 5.48. The fourth-order valence-corrected chi connectivity index (χ4v) is 2.18. The van der Waals surface area contributed by atoms with Gasteiger partial charge in [0.1, 0.15) is 0 Å². The molecule has 0 radical (unpaired) electrons. The van der Waals surface area contributed by atoms with Crippen LogP contribution in [0.4, 0.5) is 0 Å². The SMILES string of the molecule is Cc1ccccc1-c1cccc2cc[nH]c12. The van der Waals surface area contributed by atoms with Crippen molar-refractivity contribution < 1.29 is 0 Å². The number of aromatic amines is 1. The zero-order valence-electron chi connectivity index (χ0n) is 9.20. The maximum absolute atomic E-state index is 3.31. The lowest BCUT2D eigenvalue weighted by Crippen LogP contribution is -1.83. The van der Waals surface area contributed by atoms with Gasteiger partial charge in [-0.3, -0.25) is 0 Å². The molecular formula is C15H13N. The Morgan fingerprint density at radius 3 is 2.50 bits per heavy atom. The number of hydrogen-bond acceptors (Lipinski definition) is 0. The van der Waals surface area contributed by atoms with Crippen LogP contribution in [0, 0.1) is 6.92 Å². The molecule has 0 atom stereocenters. The summed E-state index contributed by atoms with van der Waals surface area (Å²) in [5, 5.41) is 1.26. The van der Waals surface area contributed by atoms with Crippen LogP contribution in [0.1, 0.15) is 5.56 Å². The summed E-state index contributed by atoms with van der Waals surface area (Å²) in [5.74, 6) is 0. The van der Waals surface area contributed by atoms with Crippen molar-refractivity contribution in [3.63, 3.8) is 0 Å². The number of nitrogens with one attached hydrogen (secondary N) is 1. The average Bonchev–Trinajstić information content (AvgIpc) is 2.77. The van der Waals surface area contributed by atoms with Crippen LogP contribution in [0.25, 0.3) is 22.0 Å². The van der Waals surface area contributed by atoms with Gasteiger partial charge in [-0.15, -0.1) is 0 Å². The molecule has 0 saturated heterocycles. The minimum atomic E-state index is 1.22. The molecule has 0 fully saturated rings. The van der Waals surface area contributed by atoms with Crippen LogP contribution in [0.15, 0.2) is 54.7 Å². The normalized spacial score (nSPS) is 10.8. The lowest BCUT2D eigenvalue weighted by atomic mass is 9.99. The maximum Gasteiger partial charge on any atom is 0.0533 e. The zero-order chi connectivity index (χ0) is 11.0. The number of hydrogen-bond donors (Lipinski definition) is 1. The average molecular weight is 207 g/mol. The van der Waals surface area contributed by atoms with E-state index >= 15 is 0 Å². The van der Waals surface area contributed by atoms with Gasteiger partial charge in [-0.25, -0.2) is 0 Å². The van der Waals surface area contributed by atoms with Crippen LogP contribution in [0.3, 0.4) is 0 Å². The van der Waals surface area contributed by atoms with Crippen molar-refractivity contribution in [2.75, 3.05) is 0 Å². The van der Waals surface area contributed by atoms with E-state index in [4.69, 9.17) is 0 Å². The molecule has 0 unspecified atom stereocenters. The van der Waals surface area contributed by atoms with Crippen molar-refractivity contribution in [3.05, 3.63) is 60.3 Å². The first-order valence-electron chi connectivity index (χ1n) is 5.48. The highest BCUT2D eigenvalue weighted by atomic mass is 14.7. The van der Waals surface area contributed by atoms with Gasteiger partial charge in [0, 0.05) is 11.8 Å². The maximum atomic E-state index is 3.31. The fraction of sp³-hybridized carbons (Fsp3) is 0.0667. The van der Waals surface area contributed by atoms with Gasteiger partial charge < -0.3 is 4.98 Å². The minimum absolute atomic E-state index is 1.22. The largest absolute Gasteiger partial charge is 0.361 e. The number of rotatable bonds is 1. The van der Waals surface area contributed by atoms with Crippen LogP contribution in [-0.4, -0.2) is 4.98 Å². The highest BCUT2D eigenvalue weighted by Crippen LogP contribution is 2.29. The molecule has 0 aliphatic heterocycles. The Morgan fingerprint density at radius 2 is 1.62 bits per heavy atom. The van der Waals surface area contributed by atoms with E-state index in [1.54, 1.807) is 0 Å². The quantitative estimate of drug-likeness (QED) is 0.617. The van der Waals surface area contributed by atoms with E-state index in [9.17, 15) is 0 Å². The Hall–Kier alpha value is -2.02. The van der Waals surface area contributed by atoms with Crippen molar-refractivity contribution in [1.29, 1.82) is 0 Å². The Labute approximate surface area is 94.7 Å². The second-order valence-electron chi connectivity index (χ2n) is 4.06. The van der Waals surface area contributed by atoms with Gasteiger partial charge in [-0.1, -0.05) is 42.5 Å². The van der Waals surface area contributed by atoms with Crippen LogP contribution in [-0.2, 0) is 0 Å². The van der Waals surface area contributed by atoms with Gasteiger partial charge >= 0.3 is 0 Å². The fourth-order valence-electron chi connectivity index (χ4n) is 2.18. The molecule has 1 N–H and O–H groups in total. The molecule has 16 heavy (non-hydrogen) atoms. The summed E-state index contributed by atoms with van der Waals surface area (Å²) >= 11 is 0. The summed E-state index contributed by atoms with van der Waals surface area (Å²) in [4.78, 5) is 3.31. The van der Waals surface area contributed by atoms with E-state index in [2.05, 4.69) is 60.4 Å². The molecule has 0 aliphatic carbocycles. The molecule has 0 bridgehead atoms. The van der Waals surface area contributed by atoms with Crippen LogP contribution in [0.2, 0.25) is 0 Å². The monoisotopic (exact) mass is 207 g/mol. The van der Waals surface area contributed by atoms with Crippen LogP contribution in [0.5, 0.6) is 0 Å². The first-order chi connectivity index (χ1) is 7.86. The molecule has 3 aromatic rings. The minimum Gasteiger partial charge on any atom is -0.361 e. The van der Waals surface area contributed by atoms with Gasteiger partial charge in [-0.2, -0.15) is 0 Å². The lowest BCUT2D eigenvalue weighted by Gasteiger charge is -2.06. The predicted molar refractivity (Wildman–Crippen MR) is 68.5 cm³/mol. The smallest absolute Gasteiger partial charge is 0.0533 e. The van der Waals surface area contributed by atoms with Gasteiger partial charge in [0.05, 0.1) is 5.52 Å². The second-order valence-corrected chi connectivity index (χ2v) is 4.06. The summed E-state index contributed by atoms with van der Waals surface area (Å²) in [6.45, 7) is 2.15. The molecular weight excluding hydrogens is 194 g/mol. The van der Waals surface area contributed by atoms with Crippen LogP contribution < -0.4 is 0 Å². The topological polar surface area (TPSA) is 15.8 Å². The third kappa shape index (κ3) is 1.33. The molecule has 0 amide bonds. The van der Waals surface area contributed by atoms with E-state index in [1.165, 1.54) is 27.6 Å². The number of H-pyrrole nitrogens is 1. The molecule has 2 aromatic carbocycles. The van der Waals surface area contributed by atoms with Crippen molar-refractivity contribution >= 4 is 10.9 Å². The highest BCUT2D eigenvalue weighted by Gasteiger charge is 2.05. The Balaban J connectivity index is 2.34. The summed E-state index contributed by atoms with van der Waals surface area (Å²) < 4.78 is 0. The molecule has 1 heterocycles. The van der Waals surface area contributed by atoms with Gasteiger partial charge in [0.15, 0.2) is 0 Å². The molecule has 1 nitrogen and oxygen atoms in total. The van der Waals surface area contributed by atoms with Crippen molar-refractivity contribution in [1.82, 2.24) is 4.98 Å². The Morgan fingerprint density at radius 1 is 0.812 bits per heavy atom. The first kappa shape index (κ1) is 9.22. The Bertz CT molecular complexity index is 634. The molecule has 3 rings (SSSR count). The highest BCUT2D eigenvalue weighted by molar-refractivity contribution is 5.94.